The Morgan fingerprint density at radius 2 is 2.19 bits per heavy atom. The largest absolute Gasteiger partial charge is 0.381 e. The van der Waals surface area contributed by atoms with Gasteiger partial charge in [-0.2, -0.15) is 4.98 Å². The predicted molar refractivity (Wildman–Crippen MR) is 60.9 cm³/mol. The number of aromatic nitrogens is 2. The van der Waals surface area contributed by atoms with Crippen LogP contribution in [0.1, 0.15) is 44.9 Å². The lowest BCUT2D eigenvalue weighted by Gasteiger charge is -2.12. The molecule has 0 unspecified atom stereocenters. The van der Waals surface area contributed by atoms with Crippen LogP contribution in [-0.4, -0.2) is 23.4 Å². The summed E-state index contributed by atoms with van der Waals surface area (Å²) in [7, 11) is 0. The first-order chi connectivity index (χ1) is 7.69. The molecule has 0 amide bonds. The summed E-state index contributed by atoms with van der Waals surface area (Å²) in [5, 5.41) is 3.88. The molecule has 0 aliphatic carbocycles. The zero-order chi connectivity index (χ0) is 12.0. The molecule has 0 fully saturated rings. The van der Waals surface area contributed by atoms with Crippen LogP contribution in [0.4, 0.5) is 0 Å². The van der Waals surface area contributed by atoms with E-state index in [4.69, 9.17) is 15.0 Å². The van der Waals surface area contributed by atoms with E-state index in [1.54, 1.807) is 0 Å². The molecule has 0 bridgehead atoms. The lowest BCUT2D eigenvalue weighted by Crippen LogP contribution is -2.18. The molecular weight excluding hydrogens is 206 g/mol. The number of rotatable bonds is 7. The molecule has 1 aromatic heterocycles. The van der Waals surface area contributed by atoms with Crippen molar-refractivity contribution in [1.29, 1.82) is 0 Å². The van der Waals surface area contributed by atoms with Crippen molar-refractivity contribution in [3.05, 3.63) is 11.7 Å². The highest BCUT2D eigenvalue weighted by atomic mass is 16.5. The standard InChI is InChI=1S/C11H21N3O2/c1-4-8(3)10(12)11-13-9(14-16-11)6-7-15-5-2/h8,10H,4-7,12H2,1-3H3/t8-,10-/m0/s1. The molecule has 1 heterocycles. The van der Waals surface area contributed by atoms with Crippen molar-refractivity contribution in [3.8, 4) is 0 Å². The van der Waals surface area contributed by atoms with Crippen molar-refractivity contribution in [1.82, 2.24) is 10.1 Å². The molecule has 92 valence electrons. The predicted octanol–water partition coefficient (Wildman–Crippen LogP) is 1.69. The van der Waals surface area contributed by atoms with Gasteiger partial charge >= 0.3 is 0 Å². The van der Waals surface area contributed by atoms with Crippen molar-refractivity contribution in [3.63, 3.8) is 0 Å². The van der Waals surface area contributed by atoms with Crippen molar-refractivity contribution in [2.75, 3.05) is 13.2 Å². The van der Waals surface area contributed by atoms with Crippen LogP contribution in [0.5, 0.6) is 0 Å². The monoisotopic (exact) mass is 227 g/mol. The maximum Gasteiger partial charge on any atom is 0.243 e. The van der Waals surface area contributed by atoms with Crippen LogP contribution in [0.25, 0.3) is 0 Å². The Labute approximate surface area is 96.4 Å². The van der Waals surface area contributed by atoms with E-state index in [1.165, 1.54) is 0 Å². The summed E-state index contributed by atoms with van der Waals surface area (Å²) in [5.41, 5.74) is 5.99. The molecule has 2 atom stereocenters. The number of nitrogens with two attached hydrogens (primary N) is 1. The van der Waals surface area contributed by atoms with Gasteiger partial charge in [-0.05, 0) is 12.8 Å². The highest BCUT2D eigenvalue weighted by Gasteiger charge is 2.19. The van der Waals surface area contributed by atoms with Crippen LogP contribution in [0, 0.1) is 5.92 Å². The summed E-state index contributed by atoms with van der Waals surface area (Å²) in [5.74, 6) is 1.54. The number of hydrogen-bond acceptors (Lipinski definition) is 5. The van der Waals surface area contributed by atoms with Crippen LogP contribution in [0.2, 0.25) is 0 Å². The van der Waals surface area contributed by atoms with Gasteiger partial charge in [0.25, 0.3) is 0 Å². The molecule has 2 N–H and O–H groups in total. The summed E-state index contributed by atoms with van der Waals surface area (Å²) in [6.07, 6.45) is 1.67. The minimum atomic E-state index is -0.168. The molecule has 0 aromatic carbocycles. The second-order valence-electron chi connectivity index (χ2n) is 3.91. The highest BCUT2D eigenvalue weighted by Crippen LogP contribution is 2.19. The average molecular weight is 227 g/mol. The summed E-state index contributed by atoms with van der Waals surface area (Å²) in [6, 6.07) is -0.168. The van der Waals surface area contributed by atoms with Crippen molar-refractivity contribution in [2.24, 2.45) is 11.7 Å². The van der Waals surface area contributed by atoms with Crippen LogP contribution >= 0.6 is 0 Å². The molecule has 0 aliphatic heterocycles. The van der Waals surface area contributed by atoms with Crippen LogP contribution in [0.3, 0.4) is 0 Å². The third-order valence-electron chi connectivity index (χ3n) is 2.70. The normalized spacial score (nSPS) is 15.0. The van der Waals surface area contributed by atoms with E-state index in [2.05, 4.69) is 24.0 Å². The zero-order valence-corrected chi connectivity index (χ0v) is 10.3. The van der Waals surface area contributed by atoms with Gasteiger partial charge in [0.05, 0.1) is 12.6 Å². The fraction of sp³-hybridized carbons (Fsp3) is 0.818. The van der Waals surface area contributed by atoms with E-state index in [-0.39, 0.29) is 6.04 Å². The maximum absolute atomic E-state index is 5.99. The first-order valence-electron chi connectivity index (χ1n) is 5.84. The first-order valence-corrected chi connectivity index (χ1v) is 5.84. The highest BCUT2D eigenvalue weighted by molar-refractivity contribution is 4.93. The van der Waals surface area contributed by atoms with Gasteiger partial charge in [0.15, 0.2) is 5.82 Å². The van der Waals surface area contributed by atoms with E-state index in [1.807, 2.05) is 6.92 Å². The second-order valence-corrected chi connectivity index (χ2v) is 3.91. The van der Waals surface area contributed by atoms with Crippen LogP contribution < -0.4 is 5.73 Å². The van der Waals surface area contributed by atoms with Crippen LogP contribution in [-0.2, 0) is 11.2 Å². The van der Waals surface area contributed by atoms with Gasteiger partial charge in [-0.25, -0.2) is 0 Å². The van der Waals surface area contributed by atoms with Crippen LogP contribution in [0.15, 0.2) is 4.52 Å². The average Bonchev–Trinajstić information content (AvgIpc) is 2.76. The Hall–Kier alpha value is -0.940. The molecule has 0 spiro atoms. The summed E-state index contributed by atoms with van der Waals surface area (Å²) < 4.78 is 10.4. The van der Waals surface area contributed by atoms with E-state index in [0.29, 0.717) is 37.3 Å². The van der Waals surface area contributed by atoms with E-state index in [0.717, 1.165) is 6.42 Å². The smallest absolute Gasteiger partial charge is 0.243 e. The molecule has 0 aliphatic rings. The van der Waals surface area contributed by atoms with Gasteiger partial charge in [0.1, 0.15) is 0 Å². The molecule has 0 saturated heterocycles. The molecular formula is C11H21N3O2. The quantitative estimate of drug-likeness (QED) is 0.717. The summed E-state index contributed by atoms with van der Waals surface area (Å²) in [4.78, 5) is 4.27. The maximum atomic E-state index is 5.99. The minimum Gasteiger partial charge on any atom is -0.381 e. The summed E-state index contributed by atoms with van der Waals surface area (Å²) in [6.45, 7) is 7.46. The fourth-order valence-corrected chi connectivity index (χ4v) is 1.31. The molecule has 1 aromatic rings. The Bertz CT molecular complexity index is 301. The summed E-state index contributed by atoms with van der Waals surface area (Å²) >= 11 is 0. The number of hydrogen-bond donors (Lipinski definition) is 1. The molecule has 0 saturated carbocycles. The Morgan fingerprint density at radius 3 is 2.81 bits per heavy atom. The molecule has 1 rings (SSSR count). The van der Waals surface area contributed by atoms with E-state index < -0.39 is 0 Å². The molecule has 5 heteroatoms. The Balaban J connectivity index is 2.50. The fourth-order valence-electron chi connectivity index (χ4n) is 1.31. The van der Waals surface area contributed by atoms with Crippen molar-refractivity contribution >= 4 is 0 Å². The van der Waals surface area contributed by atoms with E-state index in [9.17, 15) is 0 Å². The number of nitrogens with zero attached hydrogens (tertiary/aromatic N) is 2. The SMILES string of the molecule is CCOCCc1noc([C@@H](N)[C@@H](C)CC)n1. The third kappa shape index (κ3) is 3.57. The topological polar surface area (TPSA) is 74.2 Å². The number of ether oxygens (including phenoxy) is 1. The zero-order valence-electron chi connectivity index (χ0n) is 10.3. The molecule has 5 nitrogen and oxygen atoms in total. The minimum absolute atomic E-state index is 0.168. The van der Waals surface area contributed by atoms with Gasteiger partial charge in [-0.15, -0.1) is 0 Å². The van der Waals surface area contributed by atoms with Gasteiger partial charge in [0.2, 0.25) is 5.89 Å². The van der Waals surface area contributed by atoms with Gasteiger partial charge < -0.3 is 15.0 Å². The lowest BCUT2D eigenvalue weighted by molar-refractivity contribution is 0.149. The first kappa shape index (κ1) is 13.1. The molecule has 16 heavy (non-hydrogen) atoms. The van der Waals surface area contributed by atoms with Gasteiger partial charge in [0, 0.05) is 13.0 Å². The second kappa shape index (κ2) is 6.60. The Morgan fingerprint density at radius 1 is 1.44 bits per heavy atom. The van der Waals surface area contributed by atoms with Gasteiger partial charge in [-0.1, -0.05) is 25.4 Å². The lowest BCUT2D eigenvalue weighted by atomic mass is 10.0. The van der Waals surface area contributed by atoms with E-state index >= 15 is 0 Å². The molecule has 0 radical (unpaired) electrons. The van der Waals surface area contributed by atoms with Gasteiger partial charge in [-0.3, -0.25) is 0 Å². The van der Waals surface area contributed by atoms with Crippen molar-refractivity contribution < 1.29 is 9.26 Å². The Kier molecular flexibility index (Phi) is 5.42. The van der Waals surface area contributed by atoms with Crippen molar-refractivity contribution in [2.45, 2.75) is 39.7 Å². The third-order valence-corrected chi connectivity index (χ3v) is 2.70.